The van der Waals surface area contributed by atoms with Crippen LogP contribution in [0.3, 0.4) is 0 Å². The summed E-state index contributed by atoms with van der Waals surface area (Å²) in [7, 11) is 12.8. The molecular weight excluding hydrogens is 399 g/mol. The normalized spacial score (nSPS) is 14.3. The quantitative estimate of drug-likeness (QED) is 0.567. The van der Waals surface area contributed by atoms with E-state index in [9.17, 15) is 9.59 Å². The van der Waals surface area contributed by atoms with Gasteiger partial charge in [0.15, 0.2) is 0 Å². The van der Waals surface area contributed by atoms with E-state index in [0.29, 0.717) is 21.8 Å². The van der Waals surface area contributed by atoms with Crippen LogP contribution in [-0.2, 0) is 9.59 Å². The SMILES string of the molecule is CC(C)(C)C(=O)CC[Te](Cl)(Cl)CCC(=O)C(C)(C)C. The van der Waals surface area contributed by atoms with Crippen LogP contribution in [0.4, 0.5) is 0 Å². The van der Waals surface area contributed by atoms with Crippen LogP contribution < -0.4 is 0 Å². The summed E-state index contributed by atoms with van der Waals surface area (Å²) in [5.74, 6) is 0.373. The molecule has 2 nitrogen and oxygen atoms in total. The zero-order chi connectivity index (χ0) is 15.5. The third kappa shape index (κ3) is 8.56. The third-order valence-electron chi connectivity index (χ3n) is 2.93. The summed E-state index contributed by atoms with van der Waals surface area (Å²) >= 11 is -3.03. The molecule has 0 aromatic rings. The van der Waals surface area contributed by atoms with Crippen molar-refractivity contribution in [3.63, 3.8) is 0 Å². The molecule has 0 aliphatic rings. The fraction of sp³-hybridized carbons (Fsp3) is 0.857. The van der Waals surface area contributed by atoms with Crippen molar-refractivity contribution in [2.45, 2.75) is 63.3 Å². The van der Waals surface area contributed by atoms with Crippen molar-refractivity contribution < 1.29 is 9.59 Å². The molecule has 0 aromatic heterocycles. The summed E-state index contributed by atoms with van der Waals surface area (Å²) in [4.78, 5) is 23.7. The summed E-state index contributed by atoms with van der Waals surface area (Å²) in [5.41, 5.74) is -0.679. The van der Waals surface area contributed by atoms with E-state index >= 15 is 0 Å². The number of carbonyl (C=O) groups excluding carboxylic acids is 2. The number of hydrogen-bond donors (Lipinski definition) is 0. The summed E-state index contributed by atoms with van der Waals surface area (Å²) in [5, 5.41) is 0. The fourth-order valence-corrected chi connectivity index (χ4v) is 6.75. The van der Waals surface area contributed by atoms with Crippen molar-refractivity contribution >= 4 is 45.4 Å². The number of carbonyl (C=O) groups is 2. The predicted octanol–water partition coefficient (Wildman–Crippen LogP) is 4.92. The van der Waals surface area contributed by atoms with E-state index in [1.54, 1.807) is 0 Å². The van der Waals surface area contributed by atoms with Gasteiger partial charge in [0, 0.05) is 0 Å². The van der Waals surface area contributed by atoms with Crippen molar-refractivity contribution in [2.24, 2.45) is 10.8 Å². The zero-order valence-corrected chi connectivity index (χ0v) is 16.7. The molecule has 0 saturated heterocycles. The molecule has 0 aromatic carbocycles. The van der Waals surface area contributed by atoms with Gasteiger partial charge < -0.3 is 0 Å². The molecule has 0 spiro atoms. The van der Waals surface area contributed by atoms with Crippen LogP contribution in [0.1, 0.15) is 54.4 Å². The second-order valence-electron chi connectivity index (χ2n) is 6.95. The Morgan fingerprint density at radius 2 is 1.05 bits per heavy atom. The Morgan fingerprint density at radius 3 is 1.26 bits per heavy atom. The van der Waals surface area contributed by atoms with E-state index in [2.05, 4.69) is 0 Å². The Labute approximate surface area is 128 Å². The monoisotopic (exact) mass is 426 g/mol. The molecule has 0 aliphatic heterocycles. The van der Waals surface area contributed by atoms with Crippen LogP contribution in [0.25, 0.3) is 0 Å². The van der Waals surface area contributed by atoms with Crippen molar-refractivity contribution in [1.82, 2.24) is 0 Å². The minimum absolute atomic E-state index is 0.187. The zero-order valence-electron chi connectivity index (χ0n) is 12.8. The van der Waals surface area contributed by atoms with Crippen LogP contribution in [-0.4, -0.2) is 27.5 Å². The summed E-state index contributed by atoms with van der Waals surface area (Å²) in [6.07, 6.45) is 0.864. The first kappa shape index (κ1) is 19.7. The third-order valence-corrected chi connectivity index (χ3v) is 11.6. The maximum absolute atomic E-state index is 11.9. The first-order valence-electron chi connectivity index (χ1n) is 6.50. The van der Waals surface area contributed by atoms with Gasteiger partial charge in [-0.05, 0) is 0 Å². The van der Waals surface area contributed by atoms with Crippen LogP contribution >= 0.6 is 17.9 Å². The number of ketones is 2. The number of hydrogen-bond acceptors (Lipinski definition) is 2. The Balaban J connectivity index is 4.28. The standard InChI is InChI=1S/C14H26Cl2O2Te/c1-13(2,3)11(17)7-9-19(15,16)10-8-12(18)14(4,5)6/h7-10H2,1-6H3. The number of halogens is 2. The molecule has 0 rings (SSSR count). The first-order chi connectivity index (χ1) is 8.26. The molecular formula is C14H26Cl2O2Te. The van der Waals surface area contributed by atoms with Crippen molar-refractivity contribution in [1.29, 1.82) is 0 Å². The van der Waals surface area contributed by atoms with Gasteiger partial charge in [0.25, 0.3) is 0 Å². The molecule has 0 N–H and O–H groups in total. The second kappa shape index (κ2) is 7.12. The molecule has 0 aliphatic carbocycles. The first-order valence-corrected chi connectivity index (χ1v) is 15.7. The van der Waals surface area contributed by atoms with Crippen LogP contribution in [0.15, 0.2) is 0 Å². The Kier molecular flexibility index (Phi) is 7.39. The van der Waals surface area contributed by atoms with Gasteiger partial charge in [-0.3, -0.25) is 0 Å². The van der Waals surface area contributed by atoms with Gasteiger partial charge in [0.2, 0.25) is 0 Å². The van der Waals surface area contributed by atoms with Gasteiger partial charge in [0.05, 0.1) is 0 Å². The molecule has 5 heteroatoms. The van der Waals surface area contributed by atoms with Gasteiger partial charge in [-0.25, -0.2) is 0 Å². The topological polar surface area (TPSA) is 34.1 Å². The van der Waals surface area contributed by atoms with Crippen molar-refractivity contribution in [3.8, 4) is 0 Å². The second-order valence-corrected chi connectivity index (χ2v) is 22.3. The van der Waals surface area contributed by atoms with Crippen LogP contribution in [0.2, 0.25) is 8.94 Å². The molecule has 0 atom stereocenters. The molecule has 0 radical (unpaired) electrons. The average molecular weight is 425 g/mol. The van der Waals surface area contributed by atoms with E-state index in [-0.39, 0.29) is 22.4 Å². The Morgan fingerprint density at radius 1 is 0.789 bits per heavy atom. The van der Waals surface area contributed by atoms with Gasteiger partial charge in [0.1, 0.15) is 0 Å². The van der Waals surface area contributed by atoms with Gasteiger partial charge >= 0.3 is 129 Å². The molecule has 0 bridgehead atoms. The number of Topliss-reactive ketones (excluding diaryl/α,β-unsaturated/α-hetero) is 2. The van der Waals surface area contributed by atoms with E-state index in [4.69, 9.17) is 17.9 Å². The summed E-state index contributed by atoms with van der Waals surface area (Å²) < 4.78 is 1.16. The fourth-order valence-electron chi connectivity index (χ4n) is 1.34. The van der Waals surface area contributed by atoms with Gasteiger partial charge in [-0.15, -0.1) is 0 Å². The van der Waals surface area contributed by atoms with Gasteiger partial charge in [-0.1, -0.05) is 0 Å². The van der Waals surface area contributed by atoms with Gasteiger partial charge in [-0.2, -0.15) is 0 Å². The average Bonchev–Trinajstić information content (AvgIpc) is 2.20. The Bertz CT molecular complexity index is 306. The molecule has 0 amide bonds. The molecule has 19 heavy (non-hydrogen) atoms. The molecule has 0 heterocycles. The molecule has 0 saturated carbocycles. The summed E-state index contributed by atoms with van der Waals surface area (Å²) in [6.45, 7) is 11.4. The number of rotatable bonds is 6. The predicted molar refractivity (Wildman–Crippen MR) is 85.2 cm³/mol. The van der Waals surface area contributed by atoms with Crippen molar-refractivity contribution in [3.05, 3.63) is 0 Å². The van der Waals surface area contributed by atoms with E-state index in [0.717, 1.165) is 0 Å². The minimum atomic E-state index is -3.03. The molecule has 0 unspecified atom stereocenters. The van der Waals surface area contributed by atoms with E-state index < -0.39 is 15.9 Å². The van der Waals surface area contributed by atoms with E-state index in [1.807, 2.05) is 41.5 Å². The van der Waals surface area contributed by atoms with E-state index in [1.165, 1.54) is 0 Å². The Hall–Kier alpha value is 0.710. The molecule has 114 valence electrons. The van der Waals surface area contributed by atoms with Crippen LogP contribution in [0, 0.1) is 10.8 Å². The molecule has 0 fully saturated rings. The van der Waals surface area contributed by atoms with Crippen molar-refractivity contribution in [2.75, 3.05) is 0 Å². The summed E-state index contributed by atoms with van der Waals surface area (Å²) in [6, 6.07) is 0. The maximum atomic E-state index is 11.9. The van der Waals surface area contributed by atoms with Crippen LogP contribution in [0.5, 0.6) is 0 Å².